The maximum Gasteiger partial charge on any atom is 0.338 e. The SMILES string of the molecule is CCOC(=O)C1=C(C)N=c2s/c(=C\c3ccc(-c4ccc(Cl)c(C(=O)[O-])c4)o3)c(=O)n2[C@H]1c1ccc(Cl)cc1. The largest absolute Gasteiger partial charge is 0.545 e. The van der Waals surface area contributed by atoms with Crippen LogP contribution in [0.4, 0.5) is 0 Å². The van der Waals surface area contributed by atoms with Gasteiger partial charge in [0.25, 0.3) is 5.56 Å². The molecule has 11 heteroatoms. The van der Waals surface area contributed by atoms with Gasteiger partial charge >= 0.3 is 5.97 Å². The molecule has 0 aliphatic carbocycles. The summed E-state index contributed by atoms with van der Waals surface area (Å²) in [7, 11) is 0. The molecule has 198 valence electrons. The van der Waals surface area contributed by atoms with E-state index >= 15 is 0 Å². The minimum Gasteiger partial charge on any atom is -0.545 e. The Morgan fingerprint density at radius 3 is 2.59 bits per heavy atom. The van der Waals surface area contributed by atoms with Gasteiger partial charge in [0.2, 0.25) is 0 Å². The number of furan rings is 1. The number of hydrogen-bond acceptors (Lipinski definition) is 8. The van der Waals surface area contributed by atoms with Crippen molar-refractivity contribution >= 4 is 52.6 Å². The number of benzene rings is 2. The lowest BCUT2D eigenvalue weighted by molar-refractivity contribution is -0.255. The average Bonchev–Trinajstić information content (AvgIpc) is 3.48. The minimum atomic E-state index is -1.40. The quantitative estimate of drug-likeness (QED) is 0.320. The molecule has 0 spiro atoms. The second-order valence-electron chi connectivity index (χ2n) is 8.54. The van der Waals surface area contributed by atoms with Crippen LogP contribution < -0.4 is 20.0 Å². The standard InChI is InChI=1S/C28H20Cl2N2O6S/c1-3-37-27(36)23-14(2)31-28-32(24(23)15-4-7-17(29)8-5-15)25(33)22(39-28)13-18-9-11-21(38-18)16-6-10-20(30)19(12-16)26(34)35/h4-13,24H,3H2,1-2H3,(H,34,35)/p-1/b22-13-/t24-/m0/s1. The topological polar surface area (TPSA) is 114 Å². The Kier molecular flexibility index (Phi) is 7.31. The smallest absolute Gasteiger partial charge is 0.338 e. The highest BCUT2D eigenvalue weighted by atomic mass is 35.5. The third-order valence-electron chi connectivity index (χ3n) is 6.07. The van der Waals surface area contributed by atoms with E-state index in [2.05, 4.69) is 4.99 Å². The number of thiazole rings is 1. The maximum absolute atomic E-state index is 13.7. The molecule has 0 bridgehead atoms. The van der Waals surface area contributed by atoms with E-state index in [4.69, 9.17) is 32.4 Å². The zero-order valence-electron chi connectivity index (χ0n) is 20.6. The van der Waals surface area contributed by atoms with E-state index in [0.717, 1.165) is 11.3 Å². The summed E-state index contributed by atoms with van der Waals surface area (Å²) in [6, 6.07) is 13.9. The molecule has 1 aliphatic heterocycles. The van der Waals surface area contributed by atoms with Crippen LogP contribution in [0.5, 0.6) is 0 Å². The van der Waals surface area contributed by atoms with Crippen LogP contribution in [0.1, 0.15) is 41.6 Å². The molecular formula is C28H19Cl2N2O6S-. The molecule has 0 amide bonds. The van der Waals surface area contributed by atoms with Gasteiger partial charge in [-0.15, -0.1) is 0 Å². The van der Waals surface area contributed by atoms with Gasteiger partial charge in [-0.3, -0.25) is 9.36 Å². The number of allylic oxidation sites excluding steroid dienone is 1. The van der Waals surface area contributed by atoms with E-state index in [1.165, 1.54) is 16.7 Å². The normalized spacial score (nSPS) is 15.2. The molecule has 0 saturated carbocycles. The number of nitrogens with zero attached hydrogens (tertiary/aromatic N) is 2. The van der Waals surface area contributed by atoms with Gasteiger partial charge in [-0.2, -0.15) is 0 Å². The van der Waals surface area contributed by atoms with Gasteiger partial charge in [-0.1, -0.05) is 46.7 Å². The lowest BCUT2D eigenvalue weighted by atomic mass is 9.96. The molecule has 2 aromatic heterocycles. The third kappa shape index (κ3) is 5.08. The number of halogens is 2. The highest BCUT2D eigenvalue weighted by Crippen LogP contribution is 2.31. The zero-order chi connectivity index (χ0) is 27.8. The highest BCUT2D eigenvalue weighted by molar-refractivity contribution is 7.07. The summed E-state index contributed by atoms with van der Waals surface area (Å²) < 4.78 is 13.0. The van der Waals surface area contributed by atoms with Gasteiger partial charge in [-0.25, -0.2) is 9.79 Å². The minimum absolute atomic E-state index is 0.0550. The summed E-state index contributed by atoms with van der Waals surface area (Å²) >= 11 is 13.2. The van der Waals surface area contributed by atoms with Gasteiger partial charge < -0.3 is 19.1 Å². The molecule has 0 fully saturated rings. The Bertz CT molecular complexity index is 1830. The van der Waals surface area contributed by atoms with Crippen LogP contribution in [0.3, 0.4) is 0 Å². The molecule has 1 aliphatic rings. The fraction of sp³-hybridized carbons (Fsp3) is 0.143. The van der Waals surface area contributed by atoms with Crippen molar-refractivity contribution < 1.29 is 23.8 Å². The van der Waals surface area contributed by atoms with Gasteiger partial charge in [0.15, 0.2) is 4.80 Å². The molecule has 39 heavy (non-hydrogen) atoms. The summed E-state index contributed by atoms with van der Waals surface area (Å²) in [6.07, 6.45) is 1.57. The van der Waals surface area contributed by atoms with Crippen molar-refractivity contribution in [3.63, 3.8) is 0 Å². The van der Waals surface area contributed by atoms with Gasteiger partial charge in [0, 0.05) is 27.2 Å². The van der Waals surface area contributed by atoms with Gasteiger partial charge in [0.05, 0.1) is 34.4 Å². The van der Waals surface area contributed by atoms with E-state index in [-0.39, 0.29) is 28.3 Å². The fourth-order valence-corrected chi connectivity index (χ4v) is 5.65. The monoisotopic (exact) mass is 581 g/mol. The number of carboxylic acid groups (broad SMARTS) is 1. The molecular weight excluding hydrogens is 563 g/mol. The molecule has 1 atom stereocenters. The molecule has 0 N–H and O–H groups in total. The number of hydrogen-bond donors (Lipinski definition) is 0. The van der Waals surface area contributed by atoms with Crippen molar-refractivity contribution in [3.05, 3.63) is 112 Å². The molecule has 4 aromatic rings. The van der Waals surface area contributed by atoms with Crippen LogP contribution in [0.15, 0.2) is 80.1 Å². The number of ether oxygens (including phenoxy) is 1. The van der Waals surface area contributed by atoms with Gasteiger partial charge in [-0.05, 0) is 61.9 Å². The first kappa shape index (κ1) is 26.7. The third-order valence-corrected chi connectivity index (χ3v) is 7.64. The van der Waals surface area contributed by atoms with Crippen LogP contribution >= 0.6 is 34.5 Å². The highest BCUT2D eigenvalue weighted by Gasteiger charge is 2.33. The predicted octanol–water partition coefficient (Wildman–Crippen LogP) is 3.73. The summed E-state index contributed by atoms with van der Waals surface area (Å²) in [5.74, 6) is -1.21. The number of aromatic nitrogens is 1. The number of esters is 1. The van der Waals surface area contributed by atoms with Crippen molar-refractivity contribution in [3.8, 4) is 11.3 Å². The first-order valence-corrected chi connectivity index (χ1v) is 13.3. The predicted molar refractivity (Wildman–Crippen MR) is 145 cm³/mol. The van der Waals surface area contributed by atoms with E-state index in [9.17, 15) is 19.5 Å². The number of aromatic carboxylic acids is 1. The zero-order valence-corrected chi connectivity index (χ0v) is 22.9. The maximum atomic E-state index is 13.7. The molecule has 2 aromatic carbocycles. The van der Waals surface area contributed by atoms with Crippen molar-refractivity contribution in [1.29, 1.82) is 0 Å². The molecule has 3 heterocycles. The Morgan fingerprint density at radius 2 is 1.90 bits per heavy atom. The fourth-order valence-electron chi connectivity index (χ4n) is 4.30. The Morgan fingerprint density at radius 1 is 1.15 bits per heavy atom. The van der Waals surface area contributed by atoms with Crippen molar-refractivity contribution in [2.45, 2.75) is 19.9 Å². The first-order valence-electron chi connectivity index (χ1n) is 11.7. The average molecular weight is 582 g/mol. The second-order valence-corrected chi connectivity index (χ2v) is 10.4. The molecule has 0 radical (unpaired) electrons. The summed E-state index contributed by atoms with van der Waals surface area (Å²) in [6.45, 7) is 3.59. The summed E-state index contributed by atoms with van der Waals surface area (Å²) in [4.78, 5) is 42.9. The Labute approximate surface area is 235 Å². The van der Waals surface area contributed by atoms with Crippen LogP contribution in [0, 0.1) is 0 Å². The number of carboxylic acids is 1. The van der Waals surface area contributed by atoms with Crippen molar-refractivity contribution in [2.24, 2.45) is 4.99 Å². The number of carbonyl (C=O) groups is 2. The van der Waals surface area contributed by atoms with Crippen LogP contribution in [0.2, 0.25) is 10.0 Å². The molecule has 0 saturated heterocycles. The molecule has 5 rings (SSSR count). The first-order chi connectivity index (χ1) is 18.7. The van der Waals surface area contributed by atoms with E-state index in [1.54, 1.807) is 62.4 Å². The van der Waals surface area contributed by atoms with Crippen LogP contribution in [0.25, 0.3) is 17.4 Å². The van der Waals surface area contributed by atoms with E-state index in [0.29, 0.717) is 42.7 Å². The summed E-state index contributed by atoms with van der Waals surface area (Å²) in [5.41, 5.74) is 1.36. The number of rotatable bonds is 6. The van der Waals surface area contributed by atoms with Gasteiger partial charge in [0.1, 0.15) is 11.5 Å². The van der Waals surface area contributed by atoms with E-state index < -0.39 is 18.0 Å². The van der Waals surface area contributed by atoms with E-state index in [1.807, 2.05) is 0 Å². The lowest BCUT2D eigenvalue weighted by Crippen LogP contribution is -2.39. The number of carbonyl (C=O) groups excluding carboxylic acids is 2. The lowest BCUT2D eigenvalue weighted by Gasteiger charge is -2.24. The molecule has 0 unspecified atom stereocenters. The second kappa shape index (κ2) is 10.7. The Balaban J connectivity index is 1.61. The van der Waals surface area contributed by atoms with Crippen molar-refractivity contribution in [1.82, 2.24) is 4.57 Å². The van der Waals surface area contributed by atoms with Crippen LogP contribution in [-0.4, -0.2) is 23.1 Å². The molecule has 8 nitrogen and oxygen atoms in total. The Hall–Kier alpha value is -3.92. The summed E-state index contributed by atoms with van der Waals surface area (Å²) in [5, 5.41) is 11.9. The van der Waals surface area contributed by atoms with Crippen LogP contribution in [-0.2, 0) is 9.53 Å². The number of fused-ring (bicyclic) bond motifs is 1. The van der Waals surface area contributed by atoms with Crippen molar-refractivity contribution in [2.75, 3.05) is 6.61 Å².